The number of rotatable bonds is 4. The molecule has 2 aromatic rings. The molecule has 18 heavy (non-hydrogen) atoms. The maximum atomic E-state index is 11.2. The Balaban J connectivity index is 2.26. The highest BCUT2D eigenvalue weighted by Gasteiger charge is 2.02. The molecule has 0 aliphatic rings. The van der Waals surface area contributed by atoms with E-state index in [4.69, 9.17) is 4.74 Å². The van der Waals surface area contributed by atoms with Crippen LogP contribution in [0.1, 0.15) is 19.0 Å². The van der Waals surface area contributed by atoms with Crippen LogP contribution in [0.3, 0.4) is 0 Å². The van der Waals surface area contributed by atoms with Crippen LogP contribution in [0.5, 0.6) is 5.75 Å². The van der Waals surface area contributed by atoms with Gasteiger partial charge in [-0.3, -0.25) is 4.79 Å². The van der Waals surface area contributed by atoms with Gasteiger partial charge in [0, 0.05) is 17.3 Å². The quantitative estimate of drug-likeness (QED) is 0.896. The second kappa shape index (κ2) is 5.54. The Bertz CT molecular complexity index is 570. The van der Waals surface area contributed by atoms with Crippen LogP contribution >= 0.6 is 0 Å². The van der Waals surface area contributed by atoms with Crippen molar-refractivity contribution in [2.75, 3.05) is 6.61 Å². The molecule has 1 N–H and O–H groups in total. The Kier molecular flexibility index (Phi) is 3.82. The SMILES string of the molecule is CCCOc1ccc(-c2ccc(=O)[nH]c2C)cc1. The monoisotopic (exact) mass is 243 g/mol. The van der Waals surface area contributed by atoms with Gasteiger partial charge in [-0.05, 0) is 37.1 Å². The Hall–Kier alpha value is -2.03. The van der Waals surface area contributed by atoms with E-state index in [1.54, 1.807) is 6.07 Å². The summed E-state index contributed by atoms with van der Waals surface area (Å²) >= 11 is 0. The average molecular weight is 243 g/mol. The van der Waals surface area contributed by atoms with Crippen LogP contribution in [-0.2, 0) is 0 Å². The van der Waals surface area contributed by atoms with Crippen LogP contribution in [0.4, 0.5) is 0 Å². The van der Waals surface area contributed by atoms with Gasteiger partial charge in [-0.15, -0.1) is 0 Å². The van der Waals surface area contributed by atoms with E-state index in [0.717, 1.165) is 35.6 Å². The van der Waals surface area contributed by atoms with Crippen molar-refractivity contribution in [2.45, 2.75) is 20.3 Å². The molecular formula is C15H17NO2. The van der Waals surface area contributed by atoms with Crippen LogP contribution in [0.25, 0.3) is 11.1 Å². The van der Waals surface area contributed by atoms with Gasteiger partial charge in [-0.2, -0.15) is 0 Å². The molecule has 1 aromatic heterocycles. The maximum Gasteiger partial charge on any atom is 0.248 e. The van der Waals surface area contributed by atoms with Crippen molar-refractivity contribution in [3.05, 3.63) is 52.4 Å². The van der Waals surface area contributed by atoms with E-state index >= 15 is 0 Å². The lowest BCUT2D eigenvalue weighted by Crippen LogP contribution is -2.05. The Labute approximate surface area is 106 Å². The summed E-state index contributed by atoms with van der Waals surface area (Å²) in [7, 11) is 0. The molecule has 0 fully saturated rings. The molecule has 0 aliphatic heterocycles. The molecule has 0 atom stereocenters. The number of hydrogen-bond donors (Lipinski definition) is 1. The molecule has 0 spiro atoms. The highest BCUT2D eigenvalue weighted by Crippen LogP contribution is 2.23. The van der Waals surface area contributed by atoms with Crippen molar-refractivity contribution in [1.29, 1.82) is 0 Å². The van der Waals surface area contributed by atoms with Gasteiger partial charge >= 0.3 is 0 Å². The van der Waals surface area contributed by atoms with Gasteiger partial charge in [0.2, 0.25) is 5.56 Å². The summed E-state index contributed by atoms with van der Waals surface area (Å²) in [6.07, 6.45) is 1.00. The third-order valence-electron chi connectivity index (χ3n) is 2.75. The van der Waals surface area contributed by atoms with E-state index in [0.29, 0.717) is 0 Å². The summed E-state index contributed by atoms with van der Waals surface area (Å²) in [5, 5.41) is 0. The third kappa shape index (κ3) is 2.80. The first kappa shape index (κ1) is 12.4. The zero-order valence-electron chi connectivity index (χ0n) is 10.7. The van der Waals surface area contributed by atoms with Gasteiger partial charge in [0.1, 0.15) is 5.75 Å². The molecule has 94 valence electrons. The number of aryl methyl sites for hydroxylation is 1. The van der Waals surface area contributed by atoms with E-state index in [1.165, 1.54) is 0 Å². The van der Waals surface area contributed by atoms with Gasteiger partial charge in [0.25, 0.3) is 0 Å². The summed E-state index contributed by atoms with van der Waals surface area (Å²) in [5.41, 5.74) is 2.92. The van der Waals surface area contributed by atoms with Gasteiger partial charge in [-0.1, -0.05) is 19.1 Å². The molecule has 0 aliphatic carbocycles. The number of H-pyrrole nitrogens is 1. The molecule has 0 saturated carbocycles. The molecule has 1 aromatic carbocycles. The van der Waals surface area contributed by atoms with Crippen molar-refractivity contribution in [1.82, 2.24) is 4.98 Å². The third-order valence-corrected chi connectivity index (χ3v) is 2.75. The van der Waals surface area contributed by atoms with E-state index < -0.39 is 0 Å². The van der Waals surface area contributed by atoms with Crippen molar-refractivity contribution < 1.29 is 4.74 Å². The van der Waals surface area contributed by atoms with Gasteiger partial charge < -0.3 is 9.72 Å². The first-order valence-corrected chi connectivity index (χ1v) is 6.14. The van der Waals surface area contributed by atoms with Crippen LogP contribution in [-0.4, -0.2) is 11.6 Å². The molecule has 0 bridgehead atoms. The molecule has 0 amide bonds. The minimum atomic E-state index is -0.0702. The van der Waals surface area contributed by atoms with Crippen molar-refractivity contribution in [3.8, 4) is 16.9 Å². The van der Waals surface area contributed by atoms with Gasteiger partial charge in [-0.25, -0.2) is 0 Å². The number of aromatic nitrogens is 1. The molecule has 3 heteroatoms. The minimum Gasteiger partial charge on any atom is -0.494 e. The highest BCUT2D eigenvalue weighted by atomic mass is 16.5. The Morgan fingerprint density at radius 3 is 2.44 bits per heavy atom. The topological polar surface area (TPSA) is 42.1 Å². The minimum absolute atomic E-state index is 0.0702. The van der Waals surface area contributed by atoms with E-state index in [9.17, 15) is 4.79 Å². The van der Waals surface area contributed by atoms with Crippen LogP contribution < -0.4 is 10.3 Å². The van der Waals surface area contributed by atoms with Crippen molar-refractivity contribution in [3.63, 3.8) is 0 Å². The predicted molar refractivity (Wildman–Crippen MR) is 73.0 cm³/mol. The number of hydrogen-bond acceptors (Lipinski definition) is 2. The maximum absolute atomic E-state index is 11.2. The lowest BCUT2D eigenvalue weighted by molar-refractivity contribution is 0.317. The number of benzene rings is 1. The standard InChI is InChI=1S/C15H17NO2/c1-3-10-18-13-6-4-12(5-7-13)14-8-9-15(17)16-11(14)2/h4-9H,3,10H2,1-2H3,(H,16,17). The fourth-order valence-corrected chi connectivity index (χ4v) is 1.84. The fraction of sp³-hybridized carbons (Fsp3) is 0.267. The second-order valence-corrected chi connectivity index (χ2v) is 4.23. The zero-order valence-corrected chi connectivity index (χ0v) is 10.7. The Morgan fingerprint density at radius 2 is 1.83 bits per heavy atom. The first-order chi connectivity index (χ1) is 8.70. The zero-order chi connectivity index (χ0) is 13.0. The fourth-order valence-electron chi connectivity index (χ4n) is 1.84. The smallest absolute Gasteiger partial charge is 0.248 e. The second-order valence-electron chi connectivity index (χ2n) is 4.23. The van der Waals surface area contributed by atoms with Gasteiger partial charge in [0.15, 0.2) is 0 Å². The first-order valence-electron chi connectivity index (χ1n) is 6.14. The van der Waals surface area contributed by atoms with E-state index in [-0.39, 0.29) is 5.56 Å². The summed E-state index contributed by atoms with van der Waals surface area (Å²) in [5.74, 6) is 0.877. The van der Waals surface area contributed by atoms with E-state index in [1.807, 2.05) is 37.3 Å². The van der Waals surface area contributed by atoms with E-state index in [2.05, 4.69) is 11.9 Å². The summed E-state index contributed by atoms with van der Waals surface area (Å²) in [6, 6.07) is 11.3. The van der Waals surface area contributed by atoms with Crippen LogP contribution in [0, 0.1) is 6.92 Å². The highest BCUT2D eigenvalue weighted by molar-refractivity contribution is 5.66. The normalized spacial score (nSPS) is 10.3. The molecule has 3 nitrogen and oxygen atoms in total. The van der Waals surface area contributed by atoms with Crippen LogP contribution in [0.2, 0.25) is 0 Å². The Morgan fingerprint density at radius 1 is 1.11 bits per heavy atom. The molecular weight excluding hydrogens is 226 g/mol. The van der Waals surface area contributed by atoms with Gasteiger partial charge in [0.05, 0.1) is 6.61 Å². The average Bonchev–Trinajstić information content (AvgIpc) is 2.37. The predicted octanol–water partition coefficient (Wildman–Crippen LogP) is 3.14. The molecule has 1 heterocycles. The lowest BCUT2D eigenvalue weighted by Gasteiger charge is -2.08. The van der Waals surface area contributed by atoms with Crippen molar-refractivity contribution >= 4 is 0 Å². The molecule has 0 radical (unpaired) electrons. The molecule has 0 saturated heterocycles. The number of ether oxygens (including phenoxy) is 1. The summed E-state index contributed by atoms with van der Waals surface area (Å²) in [4.78, 5) is 14.0. The number of nitrogens with one attached hydrogen (secondary N) is 1. The molecule has 2 rings (SSSR count). The summed E-state index contributed by atoms with van der Waals surface area (Å²) in [6.45, 7) is 4.72. The number of aromatic amines is 1. The van der Waals surface area contributed by atoms with Crippen LogP contribution in [0.15, 0.2) is 41.2 Å². The largest absolute Gasteiger partial charge is 0.494 e. The lowest BCUT2D eigenvalue weighted by atomic mass is 10.0. The number of pyridine rings is 1. The van der Waals surface area contributed by atoms with Crippen molar-refractivity contribution in [2.24, 2.45) is 0 Å². The summed E-state index contributed by atoms with van der Waals surface area (Å²) < 4.78 is 5.54. The molecule has 0 unspecified atom stereocenters.